The second-order valence-corrected chi connectivity index (χ2v) is 7.49. The van der Waals surface area contributed by atoms with Crippen molar-refractivity contribution in [2.24, 2.45) is 11.3 Å². The Kier molecular flexibility index (Phi) is 3.17. The zero-order chi connectivity index (χ0) is 14.5. The number of hydrogen-bond donors (Lipinski definition) is 0. The van der Waals surface area contributed by atoms with Crippen molar-refractivity contribution in [2.45, 2.75) is 58.7 Å². The Bertz CT molecular complexity index is 412. The summed E-state index contributed by atoms with van der Waals surface area (Å²) in [6.07, 6.45) is 1.39. The summed E-state index contributed by atoms with van der Waals surface area (Å²) in [5.41, 5.74) is -1.49. The van der Waals surface area contributed by atoms with Gasteiger partial charge in [0.05, 0.1) is 17.3 Å². The summed E-state index contributed by atoms with van der Waals surface area (Å²) in [4.78, 5) is 14.5. The van der Waals surface area contributed by atoms with E-state index < -0.39 is 5.41 Å². The molecule has 0 aromatic heterocycles. The van der Waals surface area contributed by atoms with E-state index in [1.54, 1.807) is 0 Å². The quantitative estimate of drug-likeness (QED) is 0.730. The molecule has 1 heterocycles. The summed E-state index contributed by atoms with van der Waals surface area (Å²) in [7, 11) is 0. The number of nitrogens with zero attached hydrogens (tertiary/aromatic N) is 2. The van der Waals surface area contributed by atoms with Crippen molar-refractivity contribution in [2.75, 3.05) is 13.1 Å². The summed E-state index contributed by atoms with van der Waals surface area (Å²) in [6, 6.07) is 2.27. The first-order valence-electron chi connectivity index (χ1n) is 7.00. The van der Waals surface area contributed by atoms with Crippen molar-refractivity contribution in [3.63, 3.8) is 0 Å². The molecule has 0 radical (unpaired) electrons. The summed E-state index contributed by atoms with van der Waals surface area (Å²) in [5, 5.41) is 9.39. The predicted octanol–water partition coefficient (Wildman–Crippen LogP) is 2.34. The summed E-state index contributed by atoms with van der Waals surface area (Å²) in [5.74, 6) is 0.475. The van der Waals surface area contributed by atoms with E-state index in [9.17, 15) is 10.1 Å². The Morgan fingerprint density at radius 3 is 2.05 bits per heavy atom. The molecule has 0 N–H and O–H groups in total. The lowest BCUT2D eigenvalue weighted by atomic mass is 9.62. The topological polar surface area (TPSA) is 53.3 Å². The number of hydrogen-bond acceptors (Lipinski definition) is 3. The molecule has 4 heteroatoms. The molecular weight excluding hydrogens is 240 g/mol. The van der Waals surface area contributed by atoms with Crippen LogP contribution in [0.3, 0.4) is 0 Å². The van der Waals surface area contributed by atoms with Gasteiger partial charge in [0.25, 0.3) is 0 Å². The molecule has 1 aliphatic carbocycles. The van der Waals surface area contributed by atoms with Crippen LogP contribution < -0.4 is 0 Å². The molecule has 0 atom stereocenters. The van der Waals surface area contributed by atoms with Crippen LogP contribution in [0.25, 0.3) is 0 Å². The van der Waals surface area contributed by atoms with E-state index in [0.29, 0.717) is 31.8 Å². The second kappa shape index (κ2) is 4.21. The van der Waals surface area contributed by atoms with Gasteiger partial charge in [0.2, 0.25) is 5.91 Å². The highest BCUT2D eigenvalue weighted by atomic mass is 16.5. The molecule has 0 aromatic rings. The Labute approximate surface area is 115 Å². The normalized spacial score (nSPS) is 36.2. The fraction of sp³-hybridized carbons (Fsp3) is 0.867. The van der Waals surface area contributed by atoms with Crippen LogP contribution in [0.1, 0.15) is 47.5 Å². The summed E-state index contributed by atoms with van der Waals surface area (Å²) < 4.78 is 5.98. The Balaban J connectivity index is 2.18. The van der Waals surface area contributed by atoms with Gasteiger partial charge in [-0.3, -0.25) is 4.79 Å². The summed E-state index contributed by atoms with van der Waals surface area (Å²) >= 11 is 0. The minimum absolute atomic E-state index is 0.00227. The molecule has 0 bridgehead atoms. The van der Waals surface area contributed by atoms with Gasteiger partial charge in [0, 0.05) is 13.1 Å². The molecule has 1 saturated heterocycles. The Hall–Kier alpha value is -1.08. The van der Waals surface area contributed by atoms with Crippen molar-refractivity contribution >= 4 is 5.91 Å². The monoisotopic (exact) mass is 264 g/mol. The lowest BCUT2D eigenvalue weighted by Crippen LogP contribution is -2.62. The van der Waals surface area contributed by atoms with E-state index in [-0.39, 0.29) is 17.1 Å². The third kappa shape index (κ3) is 2.62. The number of carbonyl (C=O) groups is 1. The van der Waals surface area contributed by atoms with Gasteiger partial charge in [-0.25, -0.2) is 0 Å². The maximum absolute atomic E-state index is 12.7. The number of amides is 1. The molecular formula is C15H24N2O2. The number of morpholine rings is 1. The molecule has 0 spiro atoms. The van der Waals surface area contributed by atoms with Crippen LogP contribution in [0.4, 0.5) is 0 Å². The van der Waals surface area contributed by atoms with Gasteiger partial charge in [-0.05, 0) is 46.5 Å². The van der Waals surface area contributed by atoms with Crippen LogP contribution in [0.2, 0.25) is 0 Å². The number of carbonyl (C=O) groups excluding carboxylic acids is 1. The minimum Gasteiger partial charge on any atom is -0.366 e. The van der Waals surface area contributed by atoms with Gasteiger partial charge in [-0.2, -0.15) is 5.26 Å². The third-order valence-electron chi connectivity index (χ3n) is 4.00. The van der Waals surface area contributed by atoms with Gasteiger partial charge in [0.1, 0.15) is 5.41 Å². The van der Waals surface area contributed by atoms with Crippen LogP contribution in [0, 0.1) is 22.7 Å². The van der Waals surface area contributed by atoms with Crippen molar-refractivity contribution in [1.29, 1.82) is 5.26 Å². The van der Waals surface area contributed by atoms with Crippen molar-refractivity contribution < 1.29 is 9.53 Å². The molecule has 0 unspecified atom stereocenters. The lowest BCUT2D eigenvalue weighted by molar-refractivity contribution is -0.194. The van der Waals surface area contributed by atoms with Crippen molar-refractivity contribution in [3.8, 4) is 6.07 Å². The Morgan fingerprint density at radius 2 is 1.68 bits per heavy atom. The van der Waals surface area contributed by atoms with Gasteiger partial charge in [-0.15, -0.1) is 0 Å². The number of rotatable bonds is 1. The standard InChI is InChI=1S/C15H24N2O2/c1-11-6-15(7-11,8-16)12(18)17-9-13(2,3)19-14(4,5)10-17/h11H,6-7,9-10H2,1-5H3. The smallest absolute Gasteiger partial charge is 0.243 e. The van der Waals surface area contributed by atoms with Gasteiger partial charge < -0.3 is 9.64 Å². The average molecular weight is 264 g/mol. The van der Waals surface area contributed by atoms with Gasteiger partial charge in [-0.1, -0.05) is 6.92 Å². The summed E-state index contributed by atoms with van der Waals surface area (Å²) in [6.45, 7) is 11.2. The number of nitriles is 1. The average Bonchev–Trinajstić information content (AvgIpc) is 2.19. The highest BCUT2D eigenvalue weighted by Crippen LogP contribution is 2.47. The van der Waals surface area contributed by atoms with Crippen LogP contribution >= 0.6 is 0 Å². The molecule has 1 amide bonds. The fourth-order valence-corrected chi connectivity index (χ4v) is 3.68. The molecule has 2 fully saturated rings. The predicted molar refractivity (Wildman–Crippen MR) is 72.3 cm³/mol. The van der Waals surface area contributed by atoms with E-state index in [1.165, 1.54) is 0 Å². The Morgan fingerprint density at radius 1 is 1.21 bits per heavy atom. The first-order chi connectivity index (χ1) is 8.59. The molecule has 1 aliphatic heterocycles. The van der Waals surface area contributed by atoms with Crippen LogP contribution in [0.5, 0.6) is 0 Å². The van der Waals surface area contributed by atoms with E-state index in [0.717, 1.165) is 0 Å². The zero-order valence-electron chi connectivity index (χ0n) is 12.6. The lowest BCUT2D eigenvalue weighted by Gasteiger charge is -2.50. The largest absolute Gasteiger partial charge is 0.366 e. The van der Waals surface area contributed by atoms with E-state index in [2.05, 4.69) is 13.0 Å². The van der Waals surface area contributed by atoms with Gasteiger partial charge >= 0.3 is 0 Å². The molecule has 2 aliphatic rings. The first kappa shape index (κ1) is 14.3. The highest BCUT2D eigenvalue weighted by Gasteiger charge is 2.53. The van der Waals surface area contributed by atoms with E-state index in [1.807, 2.05) is 32.6 Å². The SMILES string of the molecule is CC1CC(C#N)(C(=O)N2CC(C)(C)OC(C)(C)C2)C1. The van der Waals surface area contributed by atoms with Crippen LogP contribution in [-0.2, 0) is 9.53 Å². The van der Waals surface area contributed by atoms with Gasteiger partial charge in [0.15, 0.2) is 0 Å². The fourth-order valence-electron chi connectivity index (χ4n) is 3.68. The van der Waals surface area contributed by atoms with E-state index >= 15 is 0 Å². The van der Waals surface area contributed by atoms with Crippen LogP contribution in [-0.4, -0.2) is 35.1 Å². The maximum atomic E-state index is 12.7. The maximum Gasteiger partial charge on any atom is 0.243 e. The number of ether oxygens (including phenoxy) is 1. The molecule has 1 saturated carbocycles. The first-order valence-corrected chi connectivity index (χ1v) is 7.00. The van der Waals surface area contributed by atoms with Crippen molar-refractivity contribution in [3.05, 3.63) is 0 Å². The zero-order valence-corrected chi connectivity index (χ0v) is 12.6. The minimum atomic E-state index is -0.775. The molecule has 19 heavy (non-hydrogen) atoms. The molecule has 2 rings (SSSR count). The van der Waals surface area contributed by atoms with Crippen molar-refractivity contribution in [1.82, 2.24) is 4.90 Å². The van der Waals surface area contributed by atoms with E-state index in [4.69, 9.17) is 4.74 Å². The third-order valence-corrected chi connectivity index (χ3v) is 4.00. The highest BCUT2D eigenvalue weighted by molar-refractivity contribution is 5.86. The molecule has 106 valence electrons. The molecule has 4 nitrogen and oxygen atoms in total. The van der Waals surface area contributed by atoms with Crippen LogP contribution in [0.15, 0.2) is 0 Å². The molecule has 0 aromatic carbocycles. The second-order valence-electron chi connectivity index (χ2n) is 7.49.